The molecule has 0 aromatic heterocycles. The van der Waals surface area contributed by atoms with Gasteiger partial charge in [0.1, 0.15) is 33.4 Å². The largest absolute Gasteiger partial charge is 0.452 e. The smallest absolute Gasteiger partial charge is 0.415 e. The van der Waals surface area contributed by atoms with Gasteiger partial charge in [-0.3, -0.25) is 14.4 Å². The normalized spacial score (nSPS) is 19.4. The molecule has 60 heavy (non-hydrogen) atoms. The first-order valence-electron chi connectivity index (χ1n) is 21.4. The first-order valence-corrected chi connectivity index (χ1v) is 25.1. The zero-order chi connectivity index (χ0) is 43.0. The fourth-order valence-electron chi connectivity index (χ4n) is 8.15. The molecule has 1 saturated carbocycles. The molecule has 16 heteroatoms. The van der Waals surface area contributed by atoms with Gasteiger partial charge in [-0.25, -0.2) is 13.0 Å². The Bertz CT molecular complexity index is 1920. The lowest BCUT2D eigenvalue weighted by Crippen LogP contribution is -2.59. The highest BCUT2D eigenvalue weighted by atomic mass is 32.2. The third kappa shape index (κ3) is 13.9. The van der Waals surface area contributed by atoms with Crippen LogP contribution < -0.4 is 24.9 Å². The number of nitrogens with one attached hydrogen (secondary N) is 3. The maximum Gasteiger partial charge on any atom is 0.452 e. The van der Waals surface area contributed by atoms with Crippen molar-refractivity contribution in [2.45, 2.75) is 121 Å². The van der Waals surface area contributed by atoms with Gasteiger partial charge in [-0.2, -0.15) is 0 Å². The fraction of sp³-hybridized carbons (Fsp3) is 0.523. The molecule has 3 aromatic carbocycles. The van der Waals surface area contributed by atoms with Crippen molar-refractivity contribution in [3.05, 3.63) is 96.6 Å². The van der Waals surface area contributed by atoms with Crippen LogP contribution in [0.4, 0.5) is 0 Å². The van der Waals surface area contributed by atoms with E-state index < -0.39 is 59.1 Å². The summed E-state index contributed by atoms with van der Waals surface area (Å²) in [5, 5.41) is 8.97. The van der Waals surface area contributed by atoms with Crippen LogP contribution in [0, 0.1) is 5.92 Å². The van der Waals surface area contributed by atoms with Gasteiger partial charge in [0.05, 0.1) is 18.4 Å². The lowest BCUT2D eigenvalue weighted by Gasteiger charge is -2.37. The number of carbonyl (C=O) groups excluding carboxylic acids is 3. The van der Waals surface area contributed by atoms with E-state index in [-0.39, 0.29) is 30.6 Å². The molecule has 0 bridgehead atoms. The Balaban J connectivity index is 1.35. The van der Waals surface area contributed by atoms with Crippen molar-refractivity contribution in [3.63, 3.8) is 0 Å². The second-order valence-corrected chi connectivity index (χ2v) is 20.3. The summed E-state index contributed by atoms with van der Waals surface area (Å²) >= 11 is 0. The van der Waals surface area contributed by atoms with E-state index in [2.05, 4.69) is 15.9 Å². The number of hydrogen-bond donors (Lipinski definition) is 3. The van der Waals surface area contributed by atoms with Crippen LogP contribution in [0.15, 0.2) is 91.0 Å². The Morgan fingerprint density at radius 1 is 0.817 bits per heavy atom. The van der Waals surface area contributed by atoms with Crippen LogP contribution in [-0.4, -0.2) is 87.6 Å². The lowest BCUT2D eigenvalue weighted by molar-refractivity contribution is -0.144. The van der Waals surface area contributed by atoms with E-state index in [1.54, 1.807) is 61.4 Å². The number of benzene rings is 3. The van der Waals surface area contributed by atoms with Crippen molar-refractivity contribution in [1.29, 1.82) is 0 Å². The van der Waals surface area contributed by atoms with Gasteiger partial charge in [-0.15, -0.1) is 0 Å². The molecule has 1 aliphatic heterocycles. The topological polar surface area (TPSA) is 169 Å². The minimum absolute atomic E-state index is 0.0286. The fourth-order valence-corrected chi connectivity index (χ4v) is 10.7. The lowest BCUT2D eigenvalue weighted by atomic mass is 9.84. The molecule has 3 unspecified atom stereocenters. The zero-order valence-electron chi connectivity index (χ0n) is 35.2. The molecule has 3 N–H and O–H groups in total. The summed E-state index contributed by atoms with van der Waals surface area (Å²) in [6.07, 6.45) is 8.14. The summed E-state index contributed by atoms with van der Waals surface area (Å²) in [4.78, 5) is 44.9. The maximum atomic E-state index is 15.0. The Kier molecular flexibility index (Phi) is 18.1. The first kappa shape index (κ1) is 46.9. The zero-order valence-corrected chi connectivity index (χ0v) is 36.9. The molecular formula is C44H62BN4O9PS. The highest BCUT2D eigenvalue weighted by Gasteiger charge is 2.51. The highest BCUT2D eigenvalue weighted by molar-refractivity contribution is 7.90. The maximum absolute atomic E-state index is 15.0. The molecule has 3 aromatic rings. The molecule has 6 atom stereocenters. The second-order valence-electron chi connectivity index (χ2n) is 16.0. The van der Waals surface area contributed by atoms with Gasteiger partial charge >= 0.3 is 7.60 Å². The molecule has 0 radical (unpaired) electrons. The Morgan fingerprint density at radius 2 is 1.43 bits per heavy atom. The predicted molar refractivity (Wildman–Crippen MR) is 236 cm³/mol. The number of amides is 3. The quantitative estimate of drug-likeness (QED) is 0.0557. The average molecular weight is 865 g/mol. The minimum Gasteiger partial charge on any atom is -0.415 e. The second kappa shape index (κ2) is 23.2. The van der Waals surface area contributed by atoms with Crippen LogP contribution in [-0.2, 0) is 40.1 Å². The van der Waals surface area contributed by atoms with Crippen molar-refractivity contribution >= 4 is 43.1 Å². The molecule has 0 spiro atoms. The Labute approximate surface area is 357 Å². The van der Waals surface area contributed by atoms with E-state index >= 15 is 4.57 Å². The van der Waals surface area contributed by atoms with Crippen LogP contribution >= 0.6 is 7.60 Å². The summed E-state index contributed by atoms with van der Waals surface area (Å²) in [6, 6.07) is 24.2. The number of unbranched alkanes of at least 4 members (excludes halogenated alkanes) is 2. The minimum atomic E-state index is -4.16. The molecule has 5 rings (SSSR count). The SMILES string of the molecule is BN[C@@H](CCCCOCc1ccccc1)C(=O)N[C@@H](CCS(C)(=O)=O)C(=O)N1C2CCCCC2C[C@H]1C(=O)NC(CCCC)P(=O)(Oc1ccccc1)Oc1ccccc1. The van der Waals surface area contributed by atoms with Gasteiger partial charge in [0.15, 0.2) is 13.8 Å². The summed E-state index contributed by atoms with van der Waals surface area (Å²) in [5.74, 6) is -2.16. The monoisotopic (exact) mass is 864 g/mol. The molecule has 2 aliphatic rings. The number of likely N-dealkylation sites (tertiary alicyclic amines) is 1. The van der Waals surface area contributed by atoms with E-state index in [0.717, 1.165) is 43.9 Å². The molecule has 326 valence electrons. The van der Waals surface area contributed by atoms with Gasteiger partial charge in [-0.1, -0.05) is 99.3 Å². The number of hydrogen-bond acceptors (Lipinski definition) is 10. The number of para-hydroxylation sites is 2. The average Bonchev–Trinajstić information content (AvgIpc) is 3.64. The van der Waals surface area contributed by atoms with Crippen LogP contribution in [0.25, 0.3) is 0 Å². The van der Waals surface area contributed by atoms with Crippen LogP contribution in [0.1, 0.15) is 89.5 Å². The van der Waals surface area contributed by atoms with Crippen molar-refractivity contribution in [2.24, 2.45) is 5.92 Å². The predicted octanol–water partition coefficient (Wildman–Crippen LogP) is 5.94. The van der Waals surface area contributed by atoms with E-state index in [1.807, 2.05) is 49.4 Å². The molecular weight excluding hydrogens is 802 g/mol. The Hall–Kier alpha value is -4.17. The molecule has 1 heterocycles. The third-order valence-electron chi connectivity index (χ3n) is 11.3. The number of carbonyl (C=O) groups is 3. The molecule has 2 fully saturated rings. The summed E-state index contributed by atoms with van der Waals surface area (Å²) in [6.45, 7) is 3.02. The van der Waals surface area contributed by atoms with E-state index in [4.69, 9.17) is 13.8 Å². The molecule has 13 nitrogen and oxygen atoms in total. The van der Waals surface area contributed by atoms with Gasteiger partial charge in [0, 0.05) is 18.9 Å². The summed E-state index contributed by atoms with van der Waals surface area (Å²) < 4.78 is 58.1. The summed E-state index contributed by atoms with van der Waals surface area (Å²) in [5.41, 5.74) is 1.08. The highest BCUT2D eigenvalue weighted by Crippen LogP contribution is 2.53. The number of sulfone groups is 1. The van der Waals surface area contributed by atoms with Crippen LogP contribution in [0.5, 0.6) is 11.5 Å². The van der Waals surface area contributed by atoms with E-state index in [1.165, 1.54) is 0 Å². The van der Waals surface area contributed by atoms with Gasteiger partial charge < -0.3 is 34.5 Å². The van der Waals surface area contributed by atoms with Crippen LogP contribution in [0.3, 0.4) is 0 Å². The van der Waals surface area contributed by atoms with Gasteiger partial charge in [0.2, 0.25) is 17.7 Å². The third-order valence-corrected chi connectivity index (χ3v) is 14.4. The molecule has 3 amide bonds. The first-order chi connectivity index (χ1) is 28.9. The molecule has 1 saturated heterocycles. The van der Waals surface area contributed by atoms with E-state index in [0.29, 0.717) is 56.8 Å². The van der Waals surface area contributed by atoms with Crippen LogP contribution in [0.2, 0.25) is 0 Å². The van der Waals surface area contributed by atoms with Crippen molar-refractivity contribution < 1.29 is 41.2 Å². The van der Waals surface area contributed by atoms with Crippen molar-refractivity contribution in [1.82, 2.24) is 20.8 Å². The van der Waals surface area contributed by atoms with Crippen molar-refractivity contribution in [2.75, 3.05) is 18.6 Å². The molecule has 1 aliphatic carbocycles. The van der Waals surface area contributed by atoms with Crippen molar-refractivity contribution in [3.8, 4) is 11.5 Å². The number of fused-ring (bicyclic) bond motifs is 1. The standard InChI is InChI=1S/C44H62BN4O9PS/c1-3-4-27-41(59(53,57-35-21-10-6-11-22-35)58-36-23-12-7-13-24-36)47-43(51)40-31-34-20-14-15-26-39(34)49(40)44(52)38(28-30-60(2,54)55)46-42(50)37(48-45)25-16-17-29-56-32-33-18-8-5-9-19-33/h5-13,18-19,21-24,34,37-41,48H,3-4,14-17,20,25-32,45H2,1-2H3,(H,46,50)(H,47,51)/t34?,37-,38-,39?,40-,41?/m0/s1. The number of ether oxygens (including phenoxy) is 1. The van der Waals surface area contributed by atoms with Gasteiger partial charge in [0.25, 0.3) is 0 Å². The van der Waals surface area contributed by atoms with Gasteiger partial charge in [-0.05, 0) is 87.1 Å². The Morgan fingerprint density at radius 3 is 2.03 bits per heavy atom. The number of nitrogens with zero attached hydrogens (tertiary/aromatic N) is 1. The number of rotatable bonds is 24. The van der Waals surface area contributed by atoms with E-state index in [9.17, 15) is 22.8 Å². The summed E-state index contributed by atoms with van der Waals surface area (Å²) in [7, 11) is -6.00.